The van der Waals surface area contributed by atoms with E-state index in [4.69, 9.17) is 0 Å². The highest BCUT2D eigenvalue weighted by Crippen LogP contribution is 2.33. The zero-order valence-corrected chi connectivity index (χ0v) is 14.9. The van der Waals surface area contributed by atoms with Gasteiger partial charge in [-0.3, -0.25) is 10.1 Å². The van der Waals surface area contributed by atoms with Gasteiger partial charge in [0, 0.05) is 31.2 Å². The minimum absolute atomic E-state index is 0.0186. The minimum Gasteiger partial charge on any atom is -0.364 e. The Morgan fingerprint density at radius 3 is 2.48 bits per heavy atom. The van der Waals surface area contributed by atoms with Crippen molar-refractivity contribution in [1.82, 2.24) is 19.5 Å². The minimum atomic E-state index is -4.47. The van der Waals surface area contributed by atoms with Crippen molar-refractivity contribution < 1.29 is 18.1 Å². The first kappa shape index (κ1) is 20.0. The monoisotopic (exact) mass is 407 g/mol. The summed E-state index contributed by atoms with van der Waals surface area (Å²) >= 11 is 0. The van der Waals surface area contributed by atoms with E-state index in [1.807, 2.05) is 4.57 Å². The third kappa shape index (κ3) is 5.18. The van der Waals surface area contributed by atoms with Crippen LogP contribution in [-0.2, 0) is 12.7 Å². The molecule has 0 saturated carbocycles. The van der Waals surface area contributed by atoms with Crippen LogP contribution in [0.25, 0.3) is 0 Å². The Bertz CT molecular complexity index is 960. The highest BCUT2D eigenvalue weighted by Gasteiger charge is 2.30. The fraction of sp³-hybridized carbons (Fsp3) is 0.235. The van der Waals surface area contributed by atoms with Crippen LogP contribution < -0.4 is 10.6 Å². The van der Waals surface area contributed by atoms with Gasteiger partial charge in [0.05, 0.1) is 16.8 Å². The summed E-state index contributed by atoms with van der Waals surface area (Å²) in [4.78, 5) is 22.6. The number of nitro groups is 1. The van der Waals surface area contributed by atoms with Crippen molar-refractivity contribution in [3.05, 3.63) is 65.0 Å². The smallest absolute Gasteiger partial charge is 0.364 e. The van der Waals surface area contributed by atoms with Gasteiger partial charge in [0.25, 0.3) is 0 Å². The molecule has 12 heteroatoms. The number of imidazole rings is 1. The summed E-state index contributed by atoms with van der Waals surface area (Å²) in [6.45, 7) is 1.08. The van der Waals surface area contributed by atoms with E-state index in [-0.39, 0.29) is 17.3 Å². The molecule has 0 bridgehead atoms. The first-order chi connectivity index (χ1) is 13.8. The highest BCUT2D eigenvalue weighted by molar-refractivity contribution is 5.73. The number of hydrogen-bond acceptors (Lipinski definition) is 7. The molecule has 2 N–H and O–H groups in total. The molecular weight excluding hydrogens is 391 g/mol. The molecule has 2 heterocycles. The van der Waals surface area contributed by atoms with Crippen molar-refractivity contribution >= 4 is 23.0 Å². The van der Waals surface area contributed by atoms with Gasteiger partial charge in [-0.15, -0.1) is 0 Å². The molecule has 0 aliphatic carbocycles. The fourth-order valence-corrected chi connectivity index (χ4v) is 2.54. The lowest BCUT2D eigenvalue weighted by molar-refractivity contribution is -0.383. The fourth-order valence-electron chi connectivity index (χ4n) is 2.54. The van der Waals surface area contributed by atoms with E-state index >= 15 is 0 Å². The molecule has 2 aromatic heterocycles. The van der Waals surface area contributed by atoms with Crippen LogP contribution in [0.5, 0.6) is 0 Å². The summed E-state index contributed by atoms with van der Waals surface area (Å²) in [5.41, 5.74) is -0.985. The Morgan fingerprint density at radius 1 is 1.14 bits per heavy atom. The number of hydrogen-bond donors (Lipinski definition) is 2. The SMILES string of the molecule is O=[N+]([O-])c1c(NCCCn2ccnc2)ncnc1Nc1ccc(C(F)(F)F)cc1. The van der Waals surface area contributed by atoms with Crippen molar-refractivity contribution in [2.24, 2.45) is 0 Å². The van der Waals surface area contributed by atoms with Gasteiger partial charge >= 0.3 is 11.9 Å². The second-order valence-corrected chi connectivity index (χ2v) is 5.96. The lowest BCUT2D eigenvalue weighted by Gasteiger charge is -2.11. The highest BCUT2D eigenvalue weighted by atomic mass is 19.4. The van der Waals surface area contributed by atoms with Gasteiger partial charge < -0.3 is 15.2 Å². The predicted octanol–water partition coefficient (Wildman–Crippen LogP) is 3.85. The number of aryl methyl sites for hydroxylation is 1. The van der Waals surface area contributed by atoms with Gasteiger partial charge in [-0.25, -0.2) is 15.0 Å². The molecule has 1 aromatic carbocycles. The Labute approximate surface area is 162 Å². The number of nitrogens with one attached hydrogen (secondary N) is 2. The topological polar surface area (TPSA) is 111 Å². The first-order valence-electron chi connectivity index (χ1n) is 8.48. The summed E-state index contributed by atoms with van der Waals surface area (Å²) in [7, 11) is 0. The van der Waals surface area contributed by atoms with E-state index in [2.05, 4.69) is 25.6 Å². The van der Waals surface area contributed by atoms with Crippen molar-refractivity contribution in [3.63, 3.8) is 0 Å². The average Bonchev–Trinajstić information content (AvgIpc) is 3.18. The molecule has 3 aromatic rings. The van der Waals surface area contributed by atoms with Crippen LogP contribution in [0.1, 0.15) is 12.0 Å². The van der Waals surface area contributed by atoms with E-state index in [1.165, 1.54) is 12.1 Å². The molecule has 0 atom stereocenters. The summed E-state index contributed by atoms with van der Waals surface area (Å²) in [5, 5.41) is 17.1. The Morgan fingerprint density at radius 2 is 1.86 bits per heavy atom. The molecule has 3 rings (SSSR count). The van der Waals surface area contributed by atoms with E-state index in [0.29, 0.717) is 19.5 Å². The van der Waals surface area contributed by atoms with E-state index in [0.717, 1.165) is 18.5 Å². The summed E-state index contributed by atoms with van der Waals surface area (Å²) in [5.74, 6) is -0.105. The number of nitrogens with zero attached hydrogens (tertiary/aromatic N) is 5. The molecule has 29 heavy (non-hydrogen) atoms. The van der Waals surface area contributed by atoms with Gasteiger partial charge in [0.1, 0.15) is 6.33 Å². The van der Waals surface area contributed by atoms with Crippen LogP contribution in [0.3, 0.4) is 0 Å². The number of alkyl halides is 3. The summed E-state index contributed by atoms with van der Waals surface area (Å²) < 4.78 is 39.9. The van der Waals surface area contributed by atoms with Crippen LogP contribution in [0, 0.1) is 10.1 Å². The van der Waals surface area contributed by atoms with Gasteiger partial charge in [0.2, 0.25) is 11.6 Å². The van der Waals surface area contributed by atoms with Gasteiger partial charge in [0.15, 0.2) is 0 Å². The third-order valence-electron chi connectivity index (χ3n) is 3.92. The number of rotatable bonds is 8. The Hall–Kier alpha value is -3.70. The molecule has 0 unspecified atom stereocenters. The second-order valence-electron chi connectivity index (χ2n) is 5.96. The maximum Gasteiger partial charge on any atom is 0.416 e. The average molecular weight is 407 g/mol. The van der Waals surface area contributed by atoms with Crippen LogP contribution >= 0.6 is 0 Å². The Balaban J connectivity index is 1.71. The number of anilines is 3. The second kappa shape index (κ2) is 8.54. The van der Waals surface area contributed by atoms with Gasteiger partial charge in [-0.1, -0.05) is 0 Å². The van der Waals surface area contributed by atoms with Crippen molar-refractivity contribution in [2.45, 2.75) is 19.1 Å². The van der Waals surface area contributed by atoms with Crippen LogP contribution in [-0.4, -0.2) is 31.0 Å². The standard InChI is InChI=1S/C17H16F3N7O2/c18-17(19,20)12-2-4-13(5-3-12)25-16-14(27(28)29)15(23-10-24-16)22-6-1-8-26-9-7-21-11-26/h2-5,7,9-11H,1,6,8H2,(H2,22,23,24,25). The molecular formula is C17H16F3N7O2. The van der Waals surface area contributed by atoms with Gasteiger partial charge in [-0.2, -0.15) is 13.2 Å². The van der Waals surface area contributed by atoms with Crippen LogP contribution in [0.2, 0.25) is 0 Å². The molecule has 0 amide bonds. The predicted molar refractivity (Wildman–Crippen MR) is 98.7 cm³/mol. The van der Waals surface area contributed by atoms with Crippen molar-refractivity contribution in [2.75, 3.05) is 17.2 Å². The third-order valence-corrected chi connectivity index (χ3v) is 3.92. The Kier molecular flexibility index (Phi) is 5.90. The lowest BCUT2D eigenvalue weighted by Crippen LogP contribution is -2.11. The van der Waals surface area contributed by atoms with Crippen molar-refractivity contribution in [3.8, 4) is 0 Å². The number of aromatic nitrogens is 4. The maximum atomic E-state index is 12.7. The molecule has 0 fully saturated rings. The summed E-state index contributed by atoms with van der Waals surface area (Å²) in [6, 6.07) is 4.11. The first-order valence-corrected chi connectivity index (χ1v) is 8.48. The molecule has 0 saturated heterocycles. The molecule has 0 aliphatic rings. The zero-order valence-electron chi connectivity index (χ0n) is 14.9. The quantitative estimate of drug-likeness (QED) is 0.331. The molecule has 0 radical (unpaired) electrons. The number of benzene rings is 1. The normalized spacial score (nSPS) is 11.3. The largest absolute Gasteiger partial charge is 0.416 e. The lowest BCUT2D eigenvalue weighted by atomic mass is 10.2. The summed E-state index contributed by atoms with van der Waals surface area (Å²) in [6.07, 6.45) is 2.46. The number of halogens is 3. The van der Waals surface area contributed by atoms with E-state index in [9.17, 15) is 23.3 Å². The zero-order chi connectivity index (χ0) is 20.9. The van der Waals surface area contributed by atoms with E-state index in [1.54, 1.807) is 18.7 Å². The van der Waals surface area contributed by atoms with Crippen molar-refractivity contribution in [1.29, 1.82) is 0 Å². The molecule has 9 nitrogen and oxygen atoms in total. The van der Waals surface area contributed by atoms with Crippen LogP contribution in [0.15, 0.2) is 49.3 Å². The van der Waals surface area contributed by atoms with Crippen LogP contribution in [0.4, 0.5) is 36.2 Å². The maximum absolute atomic E-state index is 12.7. The molecule has 0 spiro atoms. The molecule has 152 valence electrons. The van der Waals surface area contributed by atoms with E-state index < -0.39 is 22.4 Å². The van der Waals surface area contributed by atoms with Gasteiger partial charge in [-0.05, 0) is 30.7 Å². The molecule has 0 aliphatic heterocycles.